The second kappa shape index (κ2) is 4.81. The number of hydrogen-bond acceptors (Lipinski definition) is 4. The molecule has 3 aliphatic rings. The van der Waals surface area contributed by atoms with E-state index in [0.717, 1.165) is 32.0 Å². The maximum Gasteiger partial charge on any atom is 0.157 e. The van der Waals surface area contributed by atoms with Crippen LogP contribution in [0.25, 0.3) is 0 Å². The first-order chi connectivity index (χ1) is 8.25. The van der Waals surface area contributed by atoms with E-state index in [1.54, 1.807) is 0 Å². The van der Waals surface area contributed by atoms with Crippen molar-refractivity contribution in [3.05, 3.63) is 0 Å². The van der Waals surface area contributed by atoms with Gasteiger partial charge in [0, 0.05) is 24.5 Å². The fourth-order valence-corrected chi connectivity index (χ4v) is 4.32. The summed E-state index contributed by atoms with van der Waals surface area (Å²) < 4.78 is 5.44. The normalized spacial score (nSPS) is 36.2. The maximum absolute atomic E-state index is 5.44. The van der Waals surface area contributed by atoms with Gasteiger partial charge in [-0.25, -0.2) is 0 Å². The highest BCUT2D eigenvalue weighted by atomic mass is 32.2. The van der Waals surface area contributed by atoms with E-state index in [0.29, 0.717) is 6.04 Å². The topological polar surface area (TPSA) is 33.6 Å². The molecule has 4 heteroatoms. The zero-order valence-electron chi connectivity index (χ0n) is 10.6. The third kappa shape index (κ3) is 2.63. The van der Waals surface area contributed by atoms with Gasteiger partial charge in [0.1, 0.15) is 0 Å². The Hall–Kier alpha value is -0.220. The third-order valence-corrected chi connectivity index (χ3v) is 5.42. The quantitative estimate of drug-likeness (QED) is 0.780. The minimum Gasteiger partial charge on any atom is -0.381 e. The monoisotopic (exact) mass is 254 g/mol. The van der Waals surface area contributed by atoms with E-state index in [1.165, 1.54) is 30.2 Å². The summed E-state index contributed by atoms with van der Waals surface area (Å²) in [4.78, 5) is 4.91. The number of thioether (sulfide) groups is 1. The van der Waals surface area contributed by atoms with Crippen molar-refractivity contribution < 1.29 is 4.74 Å². The zero-order valence-corrected chi connectivity index (χ0v) is 11.4. The van der Waals surface area contributed by atoms with Gasteiger partial charge in [-0.15, -0.1) is 0 Å². The molecule has 0 bridgehead atoms. The molecule has 0 amide bonds. The molecule has 0 aromatic carbocycles. The lowest BCUT2D eigenvalue weighted by atomic mass is 9.93. The molecule has 0 aromatic rings. The van der Waals surface area contributed by atoms with Crippen molar-refractivity contribution in [2.45, 2.75) is 50.6 Å². The lowest BCUT2D eigenvalue weighted by molar-refractivity contribution is 0.0527. The van der Waals surface area contributed by atoms with Crippen LogP contribution in [0.15, 0.2) is 4.99 Å². The lowest BCUT2D eigenvalue weighted by Gasteiger charge is -2.37. The highest BCUT2D eigenvalue weighted by molar-refractivity contribution is 8.13. The van der Waals surface area contributed by atoms with E-state index in [4.69, 9.17) is 9.73 Å². The van der Waals surface area contributed by atoms with Gasteiger partial charge in [0.15, 0.2) is 5.17 Å². The third-order valence-electron chi connectivity index (χ3n) is 4.34. The van der Waals surface area contributed by atoms with E-state index < -0.39 is 0 Å². The van der Waals surface area contributed by atoms with Crippen LogP contribution >= 0.6 is 11.8 Å². The standard InChI is InChI=1S/C13H22N2OS/c1-13(5-7-16-8-6-13)15-12-14-11-4-2-3-10(11)9-17-12/h10-11H,2-9H2,1H3,(H,14,15). The van der Waals surface area contributed by atoms with Crippen LogP contribution in [0, 0.1) is 5.92 Å². The van der Waals surface area contributed by atoms with Gasteiger partial charge in [0.2, 0.25) is 0 Å². The molecule has 2 atom stereocenters. The van der Waals surface area contributed by atoms with E-state index in [9.17, 15) is 0 Å². The zero-order chi connectivity index (χ0) is 11.7. The van der Waals surface area contributed by atoms with Crippen LogP contribution in [0.1, 0.15) is 39.0 Å². The van der Waals surface area contributed by atoms with Crippen molar-refractivity contribution in [1.82, 2.24) is 5.32 Å². The molecular weight excluding hydrogens is 232 g/mol. The van der Waals surface area contributed by atoms with Gasteiger partial charge in [0.25, 0.3) is 0 Å². The summed E-state index contributed by atoms with van der Waals surface area (Å²) in [5.74, 6) is 2.12. The van der Waals surface area contributed by atoms with Gasteiger partial charge in [-0.3, -0.25) is 4.99 Å². The molecule has 2 fully saturated rings. The van der Waals surface area contributed by atoms with Crippen molar-refractivity contribution in [2.75, 3.05) is 19.0 Å². The Morgan fingerprint density at radius 1 is 1.35 bits per heavy atom. The van der Waals surface area contributed by atoms with E-state index in [2.05, 4.69) is 12.2 Å². The molecule has 96 valence electrons. The Bertz CT molecular complexity index is 313. The Morgan fingerprint density at radius 3 is 3.00 bits per heavy atom. The van der Waals surface area contributed by atoms with Crippen LogP contribution in [0.3, 0.4) is 0 Å². The summed E-state index contributed by atoms with van der Waals surface area (Å²) in [5, 5.41) is 4.87. The summed E-state index contributed by atoms with van der Waals surface area (Å²) >= 11 is 1.93. The Balaban J connectivity index is 1.64. The first-order valence-corrected chi connectivity index (χ1v) is 7.80. The number of nitrogens with one attached hydrogen (secondary N) is 1. The predicted molar refractivity (Wildman–Crippen MR) is 72.6 cm³/mol. The summed E-state index contributed by atoms with van der Waals surface area (Å²) in [6.07, 6.45) is 6.26. The van der Waals surface area contributed by atoms with Crippen molar-refractivity contribution in [2.24, 2.45) is 10.9 Å². The molecule has 0 radical (unpaired) electrons. The van der Waals surface area contributed by atoms with Crippen LogP contribution < -0.4 is 5.32 Å². The number of nitrogens with zero attached hydrogens (tertiary/aromatic N) is 1. The van der Waals surface area contributed by atoms with Gasteiger partial charge < -0.3 is 10.1 Å². The molecule has 3 nitrogen and oxygen atoms in total. The van der Waals surface area contributed by atoms with Gasteiger partial charge in [-0.1, -0.05) is 18.2 Å². The molecule has 1 aliphatic carbocycles. The molecule has 17 heavy (non-hydrogen) atoms. The minimum atomic E-state index is 0.204. The number of amidine groups is 1. The summed E-state index contributed by atoms with van der Waals surface area (Å²) in [6.45, 7) is 4.07. The van der Waals surface area contributed by atoms with Crippen molar-refractivity contribution in [1.29, 1.82) is 0 Å². The first kappa shape index (κ1) is 11.8. The molecule has 0 aromatic heterocycles. The van der Waals surface area contributed by atoms with Crippen molar-refractivity contribution >= 4 is 16.9 Å². The molecule has 0 spiro atoms. The second-order valence-corrected chi connectivity index (χ2v) is 6.81. The van der Waals surface area contributed by atoms with Gasteiger partial charge in [0.05, 0.1) is 6.04 Å². The molecule has 3 rings (SSSR count). The van der Waals surface area contributed by atoms with E-state index in [-0.39, 0.29) is 5.54 Å². The summed E-state index contributed by atoms with van der Waals surface area (Å²) in [7, 11) is 0. The molecule has 1 saturated heterocycles. The smallest absolute Gasteiger partial charge is 0.157 e. The van der Waals surface area contributed by atoms with Crippen molar-refractivity contribution in [3.63, 3.8) is 0 Å². The average molecular weight is 254 g/mol. The SMILES string of the molecule is CC1(NC2=NC3CCCC3CS2)CCOCC1. The van der Waals surface area contributed by atoms with Crippen LogP contribution in [0.5, 0.6) is 0 Å². The molecular formula is C13H22N2OS. The Kier molecular flexibility index (Phi) is 3.35. The van der Waals surface area contributed by atoms with Crippen LogP contribution in [0.4, 0.5) is 0 Å². The molecule has 2 unspecified atom stereocenters. The number of hydrogen-bond donors (Lipinski definition) is 1. The van der Waals surface area contributed by atoms with Gasteiger partial charge in [-0.2, -0.15) is 0 Å². The molecule has 2 aliphatic heterocycles. The highest BCUT2D eigenvalue weighted by Gasteiger charge is 2.34. The van der Waals surface area contributed by atoms with Crippen LogP contribution in [0.2, 0.25) is 0 Å². The number of ether oxygens (including phenoxy) is 1. The lowest BCUT2D eigenvalue weighted by Crippen LogP contribution is -2.50. The average Bonchev–Trinajstić information content (AvgIpc) is 2.76. The van der Waals surface area contributed by atoms with Gasteiger partial charge in [-0.05, 0) is 38.5 Å². The van der Waals surface area contributed by atoms with Crippen LogP contribution in [-0.2, 0) is 4.74 Å². The van der Waals surface area contributed by atoms with E-state index >= 15 is 0 Å². The number of aliphatic imine (C=N–C) groups is 1. The first-order valence-electron chi connectivity index (χ1n) is 6.82. The Labute approximate surface area is 108 Å². The fraction of sp³-hybridized carbons (Fsp3) is 0.923. The maximum atomic E-state index is 5.44. The predicted octanol–water partition coefficient (Wildman–Crippen LogP) is 2.42. The van der Waals surface area contributed by atoms with E-state index in [1.807, 2.05) is 11.8 Å². The molecule has 1 N–H and O–H groups in total. The molecule has 1 saturated carbocycles. The second-order valence-electron chi connectivity index (χ2n) is 5.80. The van der Waals surface area contributed by atoms with Gasteiger partial charge >= 0.3 is 0 Å². The summed E-state index contributed by atoms with van der Waals surface area (Å²) in [6, 6.07) is 0.613. The number of fused-ring (bicyclic) bond motifs is 1. The van der Waals surface area contributed by atoms with Crippen LogP contribution in [-0.4, -0.2) is 35.7 Å². The number of rotatable bonds is 1. The highest BCUT2D eigenvalue weighted by Crippen LogP contribution is 2.35. The van der Waals surface area contributed by atoms with Crippen molar-refractivity contribution in [3.8, 4) is 0 Å². The Morgan fingerprint density at radius 2 is 2.18 bits per heavy atom. The summed E-state index contributed by atoms with van der Waals surface area (Å²) in [5.41, 5.74) is 0.204. The largest absolute Gasteiger partial charge is 0.381 e. The fourth-order valence-electron chi connectivity index (χ4n) is 3.03. The minimum absolute atomic E-state index is 0.204. The molecule has 2 heterocycles.